The lowest BCUT2D eigenvalue weighted by molar-refractivity contribution is -0.122. The molecule has 0 aliphatic carbocycles. The van der Waals surface area contributed by atoms with E-state index in [2.05, 4.69) is 16.0 Å². The third kappa shape index (κ3) is 4.12. The first-order chi connectivity index (χ1) is 14.8. The Kier molecular flexibility index (Phi) is 7.29. The molecular weight excluding hydrogens is 441 g/mol. The maximum atomic E-state index is 14.2. The fourth-order valence-electron chi connectivity index (χ4n) is 4.45. The van der Waals surface area contributed by atoms with Crippen LogP contribution in [0.4, 0.5) is 11.4 Å². The summed E-state index contributed by atoms with van der Waals surface area (Å²) in [6.07, 6.45) is 8.37. The van der Waals surface area contributed by atoms with E-state index >= 15 is 0 Å². The van der Waals surface area contributed by atoms with Crippen LogP contribution in [-0.4, -0.2) is 15.9 Å². The van der Waals surface area contributed by atoms with Crippen LogP contribution in [-0.2, 0) is 23.1 Å². The highest BCUT2D eigenvalue weighted by Gasteiger charge is 2.51. The number of carbonyl (C=O) groups excluding carboxylic acids is 1. The maximum Gasteiger partial charge on any atom is 0.242 e. The topological polar surface area (TPSA) is 46.1 Å². The molecule has 0 unspecified atom stereocenters. The van der Waals surface area contributed by atoms with Gasteiger partial charge in [-0.05, 0) is 72.0 Å². The van der Waals surface area contributed by atoms with Crippen molar-refractivity contribution in [3.8, 4) is 0 Å². The van der Waals surface area contributed by atoms with Crippen LogP contribution in [0.1, 0.15) is 16.7 Å². The SMILES string of the molecule is Cl.Cl.O=C1N(c2ccccc2)c2ccccc2C1(Cc1ccncc1)Cc1ccncc1. The van der Waals surface area contributed by atoms with E-state index in [0.29, 0.717) is 12.8 Å². The van der Waals surface area contributed by atoms with Gasteiger partial charge in [0.25, 0.3) is 0 Å². The van der Waals surface area contributed by atoms with Gasteiger partial charge in [-0.25, -0.2) is 0 Å². The Morgan fingerprint density at radius 2 is 1.16 bits per heavy atom. The number of amides is 1. The van der Waals surface area contributed by atoms with E-state index in [1.165, 1.54) is 0 Å². The largest absolute Gasteiger partial charge is 0.280 e. The van der Waals surface area contributed by atoms with Crippen molar-refractivity contribution in [2.75, 3.05) is 4.90 Å². The average molecular weight is 464 g/mol. The summed E-state index contributed by atoms with van der Waals surface area (Å²) >= 11 is 0. The zero-order valence-corrected chi connectivity index (χ0v) is 18.9. The Morgan fingerprint density at radius 1 is 0.656 bits per heavy atom. The van der Waals surface area contributed by atoms with E-state index in [1.807, 2.05) is 77.7 Å². The van der Waals surface area contributed by atoms with Crippen LogP contribution in [0.15, 0.2) is 104 Å². The van der Waals surface area contributed by atoms with Gasteiger partial charge in [0.2, 0.25) is 5.91 Å². The smallest absolute Gasteiger partial charge is 0.242 e. The van der Waals surface area contributed by atoms with Gasteiger partial charge in [-0.2, -0.15) is 0 Å². The number of benzene rings is 2. The number of hydrogen-bond acceptors (Lipinski definition) is 3. The molecule has 2 aromatic heterocycles. The molecule has 162 valence electrons. The third-order valence-corrected chi connectivity index (χ3v) is 5.80. The number of pyridine rings is 2. The van der Waals surface area contributed by atoms with Crippen LogP contribution < -0.4 is 4.90 Å². The molecule has 0 fully saturated rings. The summed E-state index contributed by atoms with van der Waals surface area (Å²) in [5.74, 6) is 0.100. The van der Waals surface area contributed by atoms with Gasteiger partial charge in [-0.1, -0.05) is 36.4 Å². The number of nitrogens with zero attached hydrogens (tertiary/aromatic N) is 3. The molecule has 1 amide bonds. The molecule has 4 nitrogen and oxygen atoms in total. The van der Waals surface area contributed by atoms with E-state index in [4.69, 9.17) is 0 Å². The second kappa shape index (κ2) is 9.94. The number of hydrogen-bond donors (Lipinski definition) is 0. The molecule has 1 aliphatic rings. The summed E-state index contributed by atoms with van der Waals surface area (Å²) < 4.78 is 0. The molecule has 0 saturated carbocycles. The number of anilines is 2. The molecule has 4 aromatic rings. The van der Waals surface area contributed by atoms with E-state index < -0.39 is 5.41 Å². The number of carbonyl (C=O) groups is 1. The summed E-state index contributed by atoms with van der Waals surface area (Å²) in [6, 6.07) is 26.0. The molecule has 0 atom stereocenters. The normalized spacial score (nSPS) is 13.6. The highest BCUT2D eigenvalue weighted by molar-refractivity contribution is 6.13. The number of para-hydroxylation sites is 2. The Balaban J connectivity index is 0.00000144. The summed E-state index contributed by atoms with van der Waals surface area (Å²) in [4.78, 5) is 24.4. The second-order valence-corrected chi connectivity index (χ2v) is 7.64. The first kappa shape index (κ1) is 23.5. The van der Waals surface area contributed by atoms with E-state index in [0.717, 1.165) is 28.1 Å². The minimum atomic E-state index is -0.699. The fraction of sp³-hybridized carbons (Fsp3) is 0.115. The Hall–Kier alpha value is -3.21. The average Bonchev–Trinajstić information content (AvgIpc) is 3.04. The zero-order valence-electron chi connectivity index (χ0n) is 17.3. The Labute approximate surface area is 200 Å². The van der Waals surface area contributed by atoms with Gasteiger partial charge in [-0.15, -0.1) is 24.8 Å². The fourth-order valence-corrected chi connectivity index (χ4v) is 4.45. The summed E-state index contributed by atoms with van der Waals surface area (Å²) in [5, 5.41) is 0. The molecule has 0 spiro atoms. The first-order valence-electron chi connectivity index (χ1n) is 10.0. The lowest BCUT2D eigenvalue weighted by atomic mass is 9.72. The van der Waals surface area contributed by atoms with Gasteiger partial charge in [0.05, 0.1) is 11.1 Å². The molecule has 0 radical (unpaired) electrons. The van der Waals surface area contributed by atoms with Crippen molar-refractivity contribution in [1.82, 2.24) is 9.97 Å². The van der Waals surface area contributed by atoms with Gasteiger partial charge >= 0.3 is 0 Å². The van der Waals surface area contributed by atoms with Crippen molar-refractivity contribution in [1.29, 1.82) is 0 Å². The Bertz CT molecular complexity index is 1130. The van der Waals surface area contributed by atoms with Crippen molar-refractivity contribution in [2.45, 2.75) is 18.3 Å². The molecular formula is C26H23Cl2N3O. The minimum Gasteiger partial charge on any atom is -0.280 e. The monoisotopic (exact) mass is 463 g/mol. The number of halogens is 2. The van der Waals surface area contributed by atoms with Gasteiger partial charge in [0.1, 0.15) is 0 Å². The van der Waals surface area contributed by atoms with Crippen LogP contribution in [0.2, 0.25) is 0 Å². The van der Waals surface area contributed by atoms with Crippen LogP contribution in [0.3, 0.4) is 0 Å². The summed E-state index contributed by atoms with van der Waals surface area (Å²) in [5.41, 5.74) is 4.40. The zero-order chi connectivity index (χ0) is 20.4. The molecule has 6 heteroatoms. The van der Waals surface area contributed by atoms with E-state index in [9.17, 15) is 4.79 Å². The molecule has 0 N–H and O–H groups in total. The molecule has 32 heavy (non-hydrogen) atoms. The van der Waals surface area contributed by atoms with Crippen LogP contribution in [0.25, 0.3) is 0 Å². The molecule has 1 aliphatic heterocycles. The van der Waals surface area contributed by atoms with E-state index in [1.54, 1.807) is 24.8 Å². The van der Waals surface area contributed by atoms with Crippen molar-refractivity contribution in [3.63, 3.8) is 0 Å². The Morgan fingerprint density at radius 3 is 1.72 bits per heavy atom. The van der Waals surface area contributed by atoms with Gasteiger partial charge in [0.15, 0.2) is 0 Å². The summed E-state index contributed by atoms with van der Waals surface area (Å²) in [7, 11) is 0. The first-order valence-corrected chi connectivity index (χ1v) is 10.0. The van der Waals surface area contributed by atoms with Crippen LogP contribution >= 0.6 is 24.8 Å². The van der Waals surface area contributed by atoms with Gasteiger partial charge in [-0.3, -0.25) is 19.7 Å². The lowest BCUT2D eigenvalue weighted by Gasteiger charge is -2.29. The van der Waals surface area contributed by atoms with Crippen LogP contribution in [0.5, 0.6) is 0 Å². The predicted octanol–water partition coefficient (Wildman–Crippen LogP) is 5.72. The van der Waals surface area contributed by atoms with Crippen molar-refractivity contribution in [2.24, 2.45) is 0 Å². The highest BCUT2D eigenvalue weighted by atomic mass is 35.5. The van der Waals surface area contributed by atoms with Gasteiger partial charge in [0, 0.05) is 30.5 Å². The number of rotatable bonds is 5. The second-order valence-electron chi connectivity index (χ2n) is 7.64. The quantitative estimate of drug-likeness (QED) is 0.380. The summed E-state index contributed by atoms with van der Waals surface area (Å²) in [6.45, 7) is 0. The number of aromatic nitrogens is 2. The van der Waals surface area contributed by atoms with Gasteiger partial charge < -0.3 is 0 Å². The van der Waals surface area contributed by atoms with Crippen molar-refractivity contribution in [3.05, 3.63) is 120 Å². The maximum absolute atomic E-state index is 14.2. The van der Waals surface area contributed by atoms with Crippen molar-refractivity contribution >= 4 is 42.1 Å². The number of fused-ring (bicyclic) bond motifs is 1. The van der Waals surface area contributed by atoms with Crippen molar-refractivity contribution < 1.29 is 4.79 Å². The third-order valence-electron chi connectivity index (χ3n) is 5.80. The lowest BCUT2D eigenvalue weighted by Crippen LogP contribution is -2.42. The molecule has 5 rings (SSSR count). The molecule has 2 aromatic carbocycles. The molecule has 0 saturated heterocycles. The van der Waals surface area contributed by atoms with E-state index in [-0.39, 0.29) is 30.7 Å². The minimum absolute atomic E-state index is 0. The molecule has 3 heterocycles. The molecule has 0 bridgehead atoms. The predicted molar refractivity (Wildman–Crippen MR) is 132 cm³/mol. The highest BCUT2D eigenvalue weighted by Crippen LogP contribution is 2.48. The standard InChI is InChI=1S/C26H21N3O.2ClH/c30-25-26(18-20-10-14-27-15-11-20,19-21-12-16-28-17-13-21)23-8-4-5-9-24(23)29(25)22-6-2-1-3-7-22;;/h1-17H,18-19H2;2*1H. The van der Waals surface area contributed by atoms with Crippen LogP contribution in [0, 0.1) is 0 Å².